The molecule has 1 rings (SSSR count). The van der Waals surface area contributed by atoms with Crippen molar-refractivity contribution in [3.05, 3.63) is 29.6 Å². The Morgan fingerprint density at radius 1 is 1.33 bits per heavy atom. The van der Waals surface area contributed by atoms with Gasteiger partial charge in [0.2, 0.25) is 20.0 Å². The first-order valence-corrected chi connectivity index (χ1v) is 7.70. The Kier molecular flexibility index (Phi) is 3.90. The number of hydrogen-bond acceptors (Lipinski definition) is 5. The average molecular weight is 293 g/mol. The standard InChI is InChI=1S/C8H8FN3O4S2/c9-7-3-6(4-10)1-2-8(7)12-18(15,16)5-17(11,13)14/h1-3,12H,5H2,(H2,11,13,14). The summed E-state index contributed by atoms with van der Waals surface area (Å²) in [6.45, 7) is 0. The zero-order chi connectivity index (χ0) is 14.0. The van der Waals surface area contributed by atoms with Crippen molar-refractivity contribution in [2.24, 2.45) is 5.14 Å². The lowest BCUT2D eigenvalue weighted by Gasteiger charge is -2.07. The molecule has 10 heteroatoms. The van der Waals surface area contributed by atoms with Gasteiger partial charge in [-0.15, -0.1) is 0 Å². The second-order valence-electron chi connectivity index (χ2n) is 3.30. The molecule has 0 amide bonds. The molecule has 1 aromatic rings. The zero-order valence-electron chi connectivity index (χ0n) is 8.79. The van der Waals surface area contributed by atoms with E-state index in [0.717, 1.165) is 12.1 Å². The van der Waals surface area contributed by atoms with Crippen LogP contribution in [0.15, 0.2) is 18.2 Å². The topological polar surface area (TPSA) is 130 Å². The number of rotatable bonds is 4. The average Bonchev–Trinajstić information content (AvgIpc) is 2.17. The predicted molar refractivity (Wildman–Crippen MR) is 61.6 cm³/mol. The van der Waals surface area contributed by atoms with E-state index in [1.807, 2.05) is 0 Å². The van der Waals surface area contributed by atoms with E-state index in [2.05, 4.69) is 5.14 Å². The summed E-state index contributed by atoms with van der Waals surface area (Å²) in [6, 6.07) is 4.66. The minimum absolute atomic E-state index is 0.00175. The highest BCUT2D eigenvalue weighted by Gasteiger charge is 2.20. The Hall–Kier alpha value is -1.70. The molecule has 0 aromatic heterocycles. The third-order valence-electron chi connectivity index (χ3n) is 1.68. The van der Waals surface area contributed by atoms with E-state index in [-0.39, 0.29) is 5.56 Å². The van der Waals surface area contributed by atoms with E-state index in [9.17, 15) is 21.2 Å². The van der Waals surface area contributed by atoms with Crippen LogP contribution in [0, 0.1) is 17.1 Å². The van der Waals surface area contributed by atoms with Crippen LogP contribution in [0.3, 0.4) is 0 Å². The van der Waals surface area contributed by atoms with Crippen LogP contribution < -0.4 is 9.86 Å². The van der Waals surface area contributed by atoms with Crippen LogP contribution in [0.1, 0.15) is 5.56 Å². The quantitative estimate of drug-likeness (QED) is 0.786. The monoisotopic (exact) mass is 293 g/mol. The highest BCUT2D eigenvalue weighted by molar-refractivity contribution is 8.07. The van der Waals surface area contributed by atoms with Gasteiger partial charge in [-0.25, -0.2) is 26.4 Å². The Morgan fingerprint density at radius 3 is 2.39 bits per heavy atom. The fourth-order valence-electron chi connectivity index (χ4n) is 1.08. The van der Waals surface area contributed by atoms with Crippen molar-refractivity contribution in [2.75, 3.05) is 9.81 Å². The largest absolute Gasteiger partial charge is 0.280 e. The molecule has 0 aliphatic carbocycles. The highest BCUT2D eigenvalue weighted by Crippen LogP contribution is 2.17. The molecule has 7 nitrogen and oxygen atoms in total. The molecular formula is C8H8FN3O4S2. The fraction of sp³-hybridized carbons (Fsp3) is 0.125. The van der Waals surface area contributed by atoms with Gasteiger partial charge in [-0.1, -0.05) is 0 Å². The number of hydrogen-bond donors (Lipinski definition) is 2. The lowest BCUT2D eigenvalue weighted by atomic mass is 10.2. The summed E-state index contributed by atoms with van der Waals surface area (Å²) in [5.74, 6) is -0.993. The number of benzene rings is 1. The molecule has 0 saturated heterocycles. The lowest BCUT2D eigenvalue weighted by molar-refractivity contribution is 0.591. The second-order valence-corrected chi connectivity index (χ2v) is 7.01. The molecule has 0 saturated carbocycles. The Balaban J connectivity index is 3.03. The highest BCUT2D eigenvalue weighted by atomic mass is 32.3. The minimum atomic E-state index is -4.32. The van der Waals surface area contributed by atoms with E-state index < -0.39 is 36.6 Å². The van der Waals surface area contributed by atoms with Crippen LogP contribution >= 0.6 is 0 Å². The van der Waals surface area contributed by atoms with Crippen molar-refractivity contribution >= 4 is 25.7 Å². The number of anilines is 1. The Labute approximate surface area is 103 Å². The number of sulfonamides is 2. The van der Waals surface area contributed by atoms with Crippen LogP contribution in [0.25, 0.3) is 0 Å². The van der Waals surface area contributed by atoms with Crippen molar-refractivity contribution in [3.63, 3.8) is 0 Å². The summed E-state index contributed by atoms with van der Waals surface area (Å²) < 4.78 is 59.0. The maximum absolute atomic E-state index is 13.3. The number of primary sulfonamides is 1. The first-order chi connectivity index (χ1) is 8.13. The molecule has 1 aromatic carbocycles. The molecule has 0 spiro atoms. The molecule has 0 atom stereocenters. The van der Waals surface area contributed by atoms with Gasteiger partial charge in [-0.3, -0.25) is 4.72 Å². The number of nitrogens with two attached hydrogens (primary N) is 1. The van der Waals surface area contributed by atoms with Crippen molar-refractivity contribution < 1.29 is 21.2 Å². The first-order valence-electron chi connectivity index (χ1n) is 4.33. The van der Waals surface area contributed by atoms with Crippen molar-refractivity contribution in [1.29, 1.82) is 5.26 Å². The molecule has 0 fully saturated rings. The van der Waals surface area contributed by atoms with E-state index >= 15 is 0 Å². The van der Waals surface area contributed by atoms with Crippen molar-refractivity contribution in [3.8, 4) is 6.07 Å². The van der Waals surface area contributed by atoms with Crippen LogP contribution in [0.2, 0.25) is 0 Å². The molecule has 0 radical (unpaired) electrons. The van der Waals surface area contributed by atoms with Crippen molar-refractivity contribution in [2.45, 2.75) is 0 Å². The number of nitriles is 1. The maximum atomic E-state index is 13.3. The smallest absolute Gasteiger partial charge is 0.248 e. The van der Waals surface area contributed by atoms with Gasteiger partial charge in [0.25, 0.3) is 0 Å². The Morgan fingerprint density at radius 2 is 1.94 bits per heavy atom. The molecule has 0 aliphatic rings. The summed E-state index contributed by atoms with van der Waals surface area (Å²) in [6.07, 6.45) is 0. The van der Waals surface area contributed by atoms with Gasteiger partial charge in [0.15, 0.2) is 5.08 Å². The first kappa shape index (κ1) is 14.4. The summed E-state index contributed by atoms with van der Waals surface area (Å²) in [5, 5.41) is 11.7. The predicted octanol–water partition coefficient (Wildman–Crippen LogP) is -0.315. The summed E-state index contributed by atoms with van der Waals surface area (Å²) in [4.78, 5) is 0. The summed E-state index contributed by atoms with van der Waals surface area (Å²) in [7, 11) is -8.57. The SMILES string of the molecule is N#Cc1ccc(NS(=O)(=O)CS(N)(=O)=O)c(F)c1. The van der Waals surface area contributed by atoms with Crippen molar-refractivity contribution in [1.82, 2.24) is 0 Å². The van der Waals surface area contributed by atoms with E-state index in [1.165, 1.54) is 6.07 Å². The van der Waals surface area contributed by atoms with Crippen LogP contribution in [0.4, 0.5) is 10.1 Å². The third kappa shape index (κ3) is 4.28. The van der Waals surface area contributed by atoms with Gasteiger partial charge in [0.1, 0.15) is 5.82 Å². The number of halogens is 1. The van der Waals surface area contributed by atoms with E-state index in [0.29, 0.717) is 0 Å². The zero-order valence-corrected chi connectivity index (χ0v) is 10.4. The summed E-state index contributed by atoms with van der Waals surface area (Å²) >= 11 is 0. The van der Waals surface area contributed by atoms with Crippen LogP contribution in [-0.4, -0.2) is 21.9 Å². The fourth-order valence-corrected chi connectivity index (χ4v) is 3.55. The number of nitrogens with zero attached hydrogens (tertiary/aromatic N) is 1. The van der Waals surface area contributed by atoms with Gasteiger partial charge in [-0.05, 0) is 18.2 Å². The molecule has 0 bridgehead atoms. The molecule has 98 valence electrons. The van der Waals surface area contributed by atoms with E-state index in [1.54, 1.807) is 10.8 Å². The summed E-state index contributed by atoms with van der Waals surface area (Å²) in [5.41, 5.74) is -0.459. The minimum Gasteiger partial charge on any atom is -0.280 e. The van der Waals surface area contributed by atoms with Crippen LogP contribution in [0.5, 0.6) is 0 Å². The molecule has 0 aliphatic heterocycles. The molecule has 0 unspecified atom stereocenters. The lowest BCUT2D eigenvalue weighted by Crippen LogP contribution is -2.28. The van der Waals surface area contributed by atoms with Gasteiger partial charge >= 0.3 is 0 Å². The van der Waals surface area contributed by atoms with Gasteiger partial charge in [0, 0.05) is 0 Å². The molecule has 0 heterocycles. The third-order valence-corrected chi connectivity index (χ3v) is 4.77. The number of nitrogens with one attached hydrogen (secondary N) is 1. The Bertz CT molecular complexity index is 706. The maximum Gasteiger partial charge on any atom is 0.248 e. The molecule has 18 heavy (non-hydrogen) atoms. The second kappa shape index (κ2) is 4.89. The molecule has 3 N–H and O–H groups in total. The van der Waals surface area contributed by atoms with Gasteiger partial charge < -0.3 is 0 Å². The normalized spacial score (nSPS) is 11.8. The van der Waals surface area contributed by atoms with Gasteiger partial charge in [0.05, 0.1) is 17.3 Å². The van der Waals surface area contributed by atoms with Gasteiger partial charge in [-0.2, -0.15) is 5.26 Å². The van der Waals surface area contributed by atoms with E-state index in [4.69, 9.17) is 5.26 Å². The van der Waals surface area contributed by atoms with Crippen LogP contribution in [-0.2, 0) is 20.0 Å². The molecular weight excluding hydrogens is 285 g/mol.